The summed E-state index contributed by atoms with van der Waals surface area (Å²) in [5.74, 6) is 0. The Balaban J connectivity index is 1.60. The Bertz CT molecular complexity index is 1740. The number of anilines is 1. The topological polar surface area (TPSA) is 112 Å². The lowest BCUT2D eigenvalue weighted by atomic mass is 9.98. The van der Waals surface area contributed by atoms with Gasteiger partial charge >= 0.3 is 6.03 Å². The number of urea groups is 1. The third-order valence-electron chi connectivity index (χ3n) is 6.68. The first-order valence-electron chi connectivity index (χ1n) is 12.1. The van der Waals surface area contributed by atoms with Gasteiger partial charge in [0.2, 0.25) is 0 Å². The largest absolute Gasteiger partial charge is 0.392 e. The van der Waals surface area contributed by atoms with Gasteiger partial charge in [-0.25, -0.2) is 25.9 Å². The fourth-order valence-corrected chi connectivity index (χ4v) is 7.10. The number of carbonyl (C=O) groups is 1. The van der Waals surface area contributed by atoms with E-state index < -0.39 is 38.5 Å². The van der Waals surface area contributed by atoms with Gasteiger partial charge in [0.05, 0.1) is 29.0 Å². The number of benzene rings is 4. The molecule has 10 heteroatoms. The van der Waals surface area contributed by atoms with E-state index in [1.165, 1.54) is 23.1 Å². The van der Waals surface area contributed by atoms with Crippen LogP contribution in [0.5, 0.6) is 0 Å². The Morgan fingerprint density at radius 3 is 2.08 bits per heavy atom. The lowest BCUT2D eigenvalue weighted by molar-refractivity contribution is 0.239. The lowest BCUT2D eigenvalue weighted by Crippen LogP contribution is -2.36. The van der Waals surface area contributed by atoms with Crippen molar-refractivity contribution in [2.45, 2.75) is 22.4 Å². The van der Waals surface area contributed by atoms with E-state index in [9.17, 15) is 26.7 Å². The Hall–Kier alpha value is -3.99. The van der Waals surface area contributed by atoms with Gasteiger partial charge in [0, 0.05) is 11.9 Å². The molecule has 0 spiro atoms. The Morgan fingerprint density at radius 2 is 1.44 bits per heavy atom. The van der Waals surface area contributed by atoms with Crippen molar-refractivity contribution in [1.82, 2.24) is 4.31 Å². The van der Waals surface area contributed by atoms with Crippen LogP contribution in [0, 0.1) is 0 Å². The Kier molecular flexibility index (Phi) is 7.02. The maximum absolute atomic E-state index is 13.7. The summed E-state index contributed by atoms with van der Waals surface area (Å²) in [5, 5.41) is 9.61. The Morgan fingerprint density at radius 1 is 0.795 bits per heavy atom. The number of sulfonamides is 1. The van der Waals surface area contributed by atoms with Crippen molar-refractivity contribution in [3.05, 3.63) is 114 Å². The zero-order valence-corrected chi connectivity index (χ0v) is 22.6. The molecule has 0 saturated carbocycles. The third kappa shape index (κ3) is 5.06. The van der Waals surface area contributed by atoms with E-state index in [0.29, 0.717) is 27.9 Å². The van der Waals surface area contributed by atoms with Crippen molar-refractivity contribution >= 4 is 31.6 Å². The van der Waals surface area contributed by atoms with Crippen LogP contribution < -0.4 is 4.90 Å². The predicted molar refractivity (Wildman–Crippen MR) is 148 cm³/mol. The summed E-state index contributed by atoms with van der Waals surface area (Å²) < 4.78 is 52.5. The molecule has 2 amide bonds. The monoisotopic (exact) mass is 562 g/mol. The molecule has 4 aromatic rings. The maximum atomic E-state index is 13.7. The van der Waals surface area contributed by atoms with E-state index >= 15 is 0 Å². The second-order valence-corrected chi connectivity index (χ2v) is 13.1. The average molecular weight is 563 g/mol. The number of sulfone groups is 1. The molecule has 1 unspecified atom stereocenters. The van der Waals surface area contributed by atoms with E-state index in [4.69, 9.17) is 0 Å². The summed E-state index contributed by atoms with van der Waals surface area (Å²) in [7, 11) is -7.70. The van der Waals surface area contributed by atoms with Gasteiger partial charge in [-0.05, 0) is 58.7 Å². The van der Waals surface area contributed by atoms with Crippen molar-refractivity contribution in [3.8, 4) is 11.1 Å². The summed E-state index contributed by atoms with van der Waals surface area (Å²) in [6, 6.07) is 27.5. The van der Waals surface area contributed by atoms with Crippen LogP contribution in [0.2, 0.25) is 0 Å². The molecule has 4 aromatic carbocycles. The summed E-state index contributed by atoms with van der Waals surface area (Å²) in [6.45, 7) is -0.517. The molecule has 0 bridgehead atoms. The highest BCUT2D eigenvalue weighted by Crippen LogP contribution is 2.38. The van der Waals surface area contributed by atoms with Gasteiger partial charge < -0.3 is 5.11 Å². The molecule has 0 aliphatic carbocycles. The normalized spacial score (nSPS) is 16.1. The van der Waals surface area contributed by atoms with Gasteiger partial charge in [0.1, 0.15) is 0 Å². The van der Waals surface area contributed by atoms with Gasteiger partial charge in [0.25, 0.3) is 10.0 Å². The van der Waals surface area contributed by atoms with Crippen LogP contribution in [0.4, 0.5) is 10.5 Å². The lowest BCUT2D eigenvalue weighted by Gasteiger charge is -2.24. The molecular formula is C29H26N2O6S2. The average Bonchev–Trinajstić information content (AvgIpc) is 3.31. The van der Waals surface area contributed by atoms with E-state index in [-0.39, 0.29) is 16.3 Å². The second-order valence-electron chi connectivity index (χ2n) is 9.23. The quantitative estimate of drug-likeness (QED) is 0.352. The molecule has 1 atom stereocenters. The highest BCUT2D eigenvalue weighted by atomic mass is 32.2. The van der Waals surface area contributed by atoms with Gasteiger partial charge in [-0.3, -0.25) is 4.90 Å². The van der Waals surface area contributed by atoms with Crippen molar-refractivity contribution in [2.75, 3.05) is 17.7 Å². The molecule has 0 radical (unpaired) electrons. The van der Waals surface area contributed by atoms with Crippen LogP contribution in [0.15, 0.2) is 113 Å². The molecule has 1 saturated heterocycles. The molecular weight excluding hydrogens is 536 g/mol. The number of hydrogen-bond donors (Lipinski definition) is 1. The summed E-state index contributed by atoms with van der Waals surface area (Å²) in [4.78, 5) is 15.2. The molecule has 5 rings (SSSR count). The van der Waals surface area contributed by atoms with Crippen LogP contribution in [-0.2, 0) is 26.5 Å². The van der Waals surface area contributed by atoms with Crippen molar-refractivity contribution in [3.63, 3.8) is 0 Å². The van der Waals surface area contributed by atoms with Crippen molar-refractivity contribution < 1.29 is 26.7 Å². The summed E-state index contributed by atoms with van der Waals surface area (Å²) in [6.07, 6.45) is 1.09. The maximum Gasteiger partial charge on any atom is 0.339 e. The predicted octanol–water partition coefficient (Wildman–Crippen LogP) is 4.62. The molecule has 1 aliphatic rings. The number of carbonyl (C=O) groups excluding carboxylic acids is 1. The number of rotatable bonds is 7. The molecule has 1 fully saturated rings. The first kappa shape index (κ1) is 26.6. The van der Waals surface area contributed by atoms with E-state index in [1.54, 1.807) is 60.7 Å². The number of nitrogens with zero attached hydrogens (tertiary/aromatic N) is 2. The fraction of sp³-hybridized carbons (Fsp3) is 0.138. The van der Waals surface area contributed by atoms with E-state index in [1.807, 2.05) is 24.3 Å². The highest BCUT2D eigenvalue weighted by Gasteiger charge is 2.45. The van der Waals surface area contributed by atoms with Crippen molar-refractivity contribution in [1.29, 1.82) is 0 Å². The molecule has 39 heavy (non-hydrogen) atoms. The van der Waals surface area contributed by atoms with Crippen LogP contribution >= 0.6 is 0 Å². The van der Waals surface area contributed by atoms with Crippen LogP contribution in [0.3, 0.4) is 0 Å². The zero-order valence-electron chi connectivity index (χ0n) is 21.0. The minimum absolute atomic E-state index is 0.0260. The smallest absolute Gasteiger partial charge is 0.339 e. The summed E-state index contributed by atoms with van der Waals surface area (Å²) in [5.41, 5.74) is 2.83. The molecule has 0 aromatic heterocycles. The van der Waals surface area contributed by atoms with Gasteiger partial charge in [-0.1, -0.05) is 66.7 Å². The zero-order chi connectivity index (χ0) is 27.8. The highest BCUT2D eigenvalue weighted by molar-refractivity contribution is 7.90. The minimum Gasteiger partial charge on any atom is -0.392 e. The number of para-hydroxylation sites is 1. The Labute approximate surface area is 227 Å². The first-order chi connectivity index (χ1) is 18.6. The fourth-order valence-electron chi connectivity index (χ4n) is 4.76. The SMILES string of the molecule is CS(=O)(=O)c1cc(-c2cccc(C3CN(S(=O)(=O)c4ccccc4)C(=O)N3c3ccccc3)c2)ccc1CO. The number of aliphatic hydroxyl groups excluding tert-OH is 1. The summed E-state index contributed by atoms with van der Waals surface area (Å²) >= 11 is 0. The molecule has 200 valence electrons. The van der Waals surface area contributed by atoms with Gasteiger partial charge in [0.15, 0.2) is 9.84 Å². The third-order valence-corrected chi connectivity index (χ3v) is 9.61. The molecule has 1 aliphatic heterocycles. The van der Waals surface area contributed by atoms with Gasteiger partial charge in [-0.2, -0.15) is 0 Å². The molecule has 1 heterocycles. The van der Waals surface area contributed by atoms with Crippen LogP contribution in [0.1, 0.15) is 17.2 Å². The molecule has 1 N–H and O–H groups in total. The number of aliphatic hydroxyl groups is 1. The van der Waals surface area contributed by atoms with E-state index in [0.717, 1.165) is 10.6 Å². The molecule has 8 nitrogen and oxygen atoms in total. The van der Waals surface area contributed by atoms with Crippen LogP contribution in [-0.4, -0.2) is 45.1 Å². The second kappa shape index (κ2) is 10.3. The standard InChI is InChI=1S/C29H26N2O6S2/c1-38(34,35)28-18-22(15-16-24(28)20-32)21-9-8-10-23(17-21)27-19-30(39(36,37)26-13-6-3-7-14-26)29(33)31(27)25-11-4-2-5-12-25/h2-18,27,32H,19-20H2,1H3. The van der Waals surface area contributed by atoms with Gasteiger partial charge in [-0.15, -0.1) is 0 Å². The van der Waals surface area contributed by atoms with Crippen molar-refractivity contribution in [2.24, 2.45) is 0 Å². The van der Waals surface area contributed by atoms with Crippen LogP contribution in [0.25, 0.3) is 11.1 Å². The number of amides is 2. The van der Waals surface area contributed by atoms with E-state index in [2.05, 4.69) is 0 Å². The first-order valence-corrected chi connectivity index (χ1v) is 15.4. The number of hydrogen-bond acceptors (Lipinski definition) is 6. The minimum atomic E-state index is -4.11.